The summed E-state index contributed by atoms with van der Waals surface area (Å²) in [5, 5.41) is 3.79. The summed E-state index contributed by atoms with van der Waals surface area (Å²) >= 11 is 0. The van der Waals surface area contributed by atoms with E-state index in [1.54, 1.807) is 19.1 Å². The molecule has 0 spiro atoms. The van der Waals surface area contributed by atoms with Crippen molar-refractivity contribution in [3.05, 3.63) is 46.5 Å². The Bertz CT molecular complexity index is 805. The van der Waals surface area contributed by atoms with E-state index in [0.29, 0.717) is 33.8 Å². The van der Waals surface area contributed by atoms with Gasteiger partial charge in [0, 0.05) is 16.8 Å². The average molecular weight is 353 g/mol. The van der Waals surface area contributed by atoms with Crippen LogP contribution in [-0.2, 0) is 17.8 Å². The van der Waals surface area contributed by atoms with Crippen LogP contribution in [0.25, 0.3) is 0 Å². The van der Waals surface area contributed by atoms with E-state index in [9.17, 15) is 18.0 Å². The number of amides is 1. The Morgan fingerprint density at radius 1 is 1.36 bits per heavy atom. The maximum Gasteiger partial charge on any atom is 0.333 e. The number of aryl methyl sites for hydroxylation is 1. The Balaban J connectivity index is 1.81. The molecule has 0 N–H and O–H groups in total. The molecule has 0 atom stereocenters. The van der Waals surface area contributed by atoms with Gasteiger partial charge in [-0.1, -0.05) is 6.07 Å². The van der Waals surface area contributed by atoms with Crippen LogP contribution in [0.3, 0.4) is 0 Å². The van der Waals surface area contributed by atoms with Crippen molar-refractivity contribution in [2.45, 2.75) is 33.4 Å². The van der Waals surface area contributed by atoms with Gasteiger partial charge in [-0.2, -0.15) is 13.9 Å². The standard InChI is InChI=1S/C17H18F3N3O2/c1-10-12(11(2)23(21-10)17(19)20)8-16(24)22-6-7-25-15-5-3-4-14(18)13(15)9-22/h3-5,17H,6-9H2,1-2H3. The van der Waals surface area contributed by atoms with Crippen LogP contribution >= 0.6 is 0 Å². The van der Waals surface area contributed by atoms with Crippen molar-refractivity contribution in [2.24, 2.45) is 0 Å². The fraction of sp³-hybridized carbons (Fsp3) is 0.412. The van der Waals surface area contributed by atoms with Gasteiger partial charge in [0.15, 0.2) is 0 Å². The van der Waals surface area contributed by atoms with E-state index in [-0.39, 0.29) is 31.2 Å². The molecule has 8 heteroatoms. The van der Waals surface area contributed by atoms with Crippen molar-refractivity contribution in [2.75, 3.05) is 13.2 Å². The van der Waals surface area contributed by atoms with Crippen LogP contribution in [0.15, 0.2) is 18.2 Å². The van der Waals surface area contributed by atoms with Crippen molar-refractivity contribution in [3.63, 3.8) is 0 Å². The van der Waals surface area contributed by atoms with Gasteiger partial charge in [0.2, 0.25) is 5.91 Å². The molecule has 0 unspecified atom stereocenters. The molecule has 1 aromatic heterocycles. The quantitative estimate of drug-likeness (QED) is 0.852. The minimum Gasteiger partial charge on any atom is -0.491 e. The van der Waals surface area contributed by atoms with Gasteiger partial charge in [-0.3, -0.25) is 4.79 Å². The molecule has 0 fully saturated rings. The molecular formula is C17H18F3N3O2. The lowest BCUT2D eigenvalue weighted by atomic mass is 10.1. The van der Waals surface area contributed by atoms with Gasteiger partial charge in [-0.25, -0.2) is 9.07 Å². The number of nitrogens with zero attached hydrogens (tertiary/aromatic N) is 3. The largest absolute Gasteiger partial charge is 0.491 e. The molecule has 0 aliphatic carbocycles. The highest BCUT2D eigenvalue weighted by Crippen LogP contribution is 2.26. The van der Waals surface area contributed by atoms with Gasteiger partial charge in [0.05, 0.1) is 25.2 Å². The maximum atomic E-state index is 14.0. The van der Waals surface area contributed by atoms with E-state index >= 15 is 0 Å². The molecular weight excluding hydrogens is 335 g/mol. The van der Waals surface area contributed by atoms with Crippen molar-refractivity contribution in [3.8, 4) is 5.75 Å². The van der Waals surface area contributed by atoms with Crippen molar-refractivity contribution >= 4 is 5.91 Å². The number of carbonyl (C=O) groups excluding carboxylic acids is 1. The molecule has 2 aromatic rings. The minimum absolute atomic E-state index is 0.0613. The molecule has 1 aliphatic heterocycles. The topological polar surface area (TPSA) is 47.4 Å². The molecule has 0 radical (unpaired) electrons. The van der Waals surface area contributed by atoms with E-state index in [4.69, 9.17) is 4.74 Å². The number of fused-ring (bicyclic) bond motifs is 1. The van der Waals surface area contributed by atoms with Gasteiger partial charge >= 0.3 is 6.55 Å². The SMILES string of the molecule is Cc1nn(C(F)F)c(C)c1CC(=O)N1CCOc2cccc(F)c2C1. The normalized spacial score (nSPS) is 14.2. The first-order valence-corrected chi connectivity index (χ1v) is 7.89. The Kier molecular flexibility index (Phi) is 4.69. The second kappa shape index (κ2) is 6.78. The lowest BCUT2D eigenvalue weighted by molar-refractivity contribution is -0.131. The predicted molar refractivity (Wildman–Crippen MR) is 84.0 cm³/mol. The monoisotopic (exact) mass is 353 g/mol. The number of ether oxygens (including phenoxy) is 1. The van der Waals surface area contributed by atoms with E-state index in [0.717, 1.165) is 0 Å². The second-order valence-electron chi connectivity index (χ2n) is 5.93. The van der Waals surface area contributed by atoms with Crippen LogP contribution in [0, 0.1) is 19.7 Å². The molecule has 1 aliphatic rings. The van der Waals surface area contributed by atoms with E-state index < -0.39 is 12.4 Å². The molecule has 0 saturated heterocycles. The van der Waals surface area contributed by atoms with Gasteiger partial charge in [-0.15, -0.1) is 0 Å². The van der Waals surface area contributed by atoms with Gasteiger partial charge in [-0.05, 0) is 26.0 Å². The third-order valence-electron chi connectivity index (χ3n) is 4.38. The second-order valence-corrected chi connectivity index (χ2v) is 5.93. The molecule has 0 bridgehead atoms. The van der Waals surface area contributed by atoms with Crippen LogP contribution in [0.4, 0.5) is 13.2 Å². The number of carbonyl (C=O) groups is 1. The highest BCUT2D eigenvalue weighted by Gasteiger charge is 2.25. The van der Waals surface area contributed by atoms with E-state index in [1.165, 1.54) is 17.9 Å². The Hall–Kier alpha value is -2.51. The van der Waals surface area contributed by atoms with Crippen molar-refractivity contribution < 1.29 is 22.7 Å². The number of halogens is 3. The molecule has 1 aromatic carbocycles. The van der Waals surface area contributed by atoms with Crippen LogP contribution in [-0.4, -0.2) is 33.7 Å². The van der Waals surface area contributed by atoms with E-state index in [1.807, 2.05) is 0 Å². The number of alkyl halides is 2. The maximum absolute atomic E-state index is 14.0. The van der Waals surface area contributed by atoms with Crippen LogP contribution in [0.1, 0.15) is 29.1 Å². The Morgan fingerprint density at radius 3 is 2.80 bits per heavy atom. The lowest BCUT2D eigenvalue weighted by Gasteiger charge is -2.20. The highest BCUT2D eigenvalue weighted by molar-refractivity contribution is 5.79. The summed E-state index contributed by atoms with van der Waals surface area (Å²) in [6, 6.07) is 4.53. The van der Waals surface area contributed by atoms with Crippen LogP contribution < -0.4 is 4.74 Å². The first-order chi connectivity index (χ1) is 11.9. The average Bonchev–Trinajstić information content (AvgIpc) is 2.75. The zero-order valence-electron chi connectivity index (χ0n) is 13.9. The summed E-state index contributed by atoms with van der Waals surface area (Å²) in [4.78, 5) is 14.1. The third-order valence-corrected chi connectivity index (χ3v) is 4.38. The fourth-order valence-electron chi connectivity index (χ4n) is 2.98. The van der Waals surface area contributed by atoms with Gasteiger partial charge in [0.25, 0.3) is 0 Å². The number of hydrogen-bond donors (Lipinski definition) is 0. The summed E-state index contributed by atoms with van der Waals surface area (Å²) in [6.45, 7) is 0.978. The van der Waals surface area contributed by atoms with Crippen molar-refractivity contribution in [1.82, 2.24) is 14.7 Å². The molecule has 0 saturated carbocycles. The first-order valence-electron chi connectivity index (χ1n) is 7.89. The summed E-state index contributed by atoms with van der Waals surface area (Å²) in [5.41, 5.74) is 1.46. The molecule has 2 heterocycles. The van der Waals surface area contributed by atoms with Crippen LogP contribution in [0.5, 0.6) is 5.75 Å². The zero-order valence-corrected chi connectivity index (χ0v) is 13.9. The summed E-state index contributed by atoms with van der Waals surface area (Å²) < 4.78 is 46.0. The molecule has 1 amide bonds. The third kappa shape index (κ3) is 3.33. The van der Waals surface area contributed by atoms with Crippen LogP contribution in [0.2, 0.25) is 0 Å². The minimum atomic E-state index is -2.75. The lowest BCUT2D eigenvalue weighted by Crippen LogP contribution is -2.34. The zero-order chi connectivity index (χ0) is 18.1. The molecule has 134 valence electrons. The summed E-state index contributed by atoms with van der Waals surface area (Å²) in [7, 11) is 0. The number of hydrogen-bond acceptors (Lipinski definition) is 3. The number of aromatic nitrogens is 2. The molecule has 3 rings (SSSR count). The fourth-order valence-corrected chi connectivity index (χ4v) is 2.98. The summed E-state index contributed by atoms with van der Waals surface area (Å²) in [6.07, 6.45) is -0.0613. The van der Waals surface area contributed by atoms with Gasteiger partial charge in [0.1, 0.15) is 18.2 Å². The Labute approximate surface area is 143 Å². The predicted octanol–water partition coefficient (Wildman–Crippen LogP) is 3.00. The van der Waals surface area contributed by atoms with E-state index in [2.05, 4.69) is 5.10 Å². The smallest absolute Gasteiger partial charge is 0.333 e. The molecule has 5 nitrogen and oxygen atoms in total. The van der Waals surface area contributed by atoms with Gasteiger partial charge < -0.3 is 9.64 Å². The number of rotatable bonds is 3. The Morgan fingerprint density at radius 2 is 2.12 bits per heavy atom. The van der Waals surface area contributed by atoms with Crippen molar-refractivity contribution in [1.29, 1.82) is 0 Å². The summed E-state index contributed by atoms with van der Waals surface area (Å²) in [5.74, 6) is -0.289. The first kappa shape index (κ1) is 17.3. The number of benzene rings is 1. The highest BCUT2D eigenvalue weighted by atomic mass is 19.3. The molecule has 25 heavy (non-hydrogen) atoms.